The third-order valence-electron chi connectivity index (χ3n) is 11.6. The van der Waals surface area contributed by atoms with Crippen LogP contribution in [0.25, 0.3) is 111 Å². The molecule has 0 radical (unpaired) electrons. The Hall–Kier alpha value is -7.83. The van der Waals surface area contributed by atoms with Gasteiger partial charge in [0.05, 0.1) is 28.9 Å². The Morgan fingerprint density at radius 1 is 0.483 bits per heavy atom. The first-order valence-electron chi connectivity index (χ1n) is 21.7. The predicted octanol–water partition coefficient (Wildman–Crippen LogP) is 12.9. The lowest BCUT2D eigenvalue weighted by Crippen LogP contribution is -2.06. The van der Waals surface area contributed by atoms with Gasteiger partial charge in [0.1, 0.15) is 11.2 Å². The number of rotatable bonds is 4. The van der Waals surface area contributed by atoms with Crippen molar-refractivity contribution < 1.29 is 11.3 Å². The summed E-state index contributed by atoms with van der Waals surface area (Å²) < 4.78 is 56.5. The summed E-state index contributed by atoms with van der Waals surface area (Å²) in [5, 5.41) is 4.22. The van der Waals surface area contributed by atoms with Crippen LogP contribution in [0.15, 0.2) is 180 Å². The van der Waals surface area contributed by atoms with E-state index in [2.05, 4.69) is 36.4 Å². The summed E-state index contributed by atoms with van der Waals surface area (Å²) in [5.74, 6) is 1.04. The highest BCUT2D eigenvalue weighted by molar-refractivity contribution is 6.26. The first-order valence-corrected chi connectivity index (χ1v) is 19.2. The Bertz CT molecular complexity index is 3960. The molecule has 1 aliphatic rings. The second-order valence-corrected chi connectivity index (χ2v) is 14.8. The van der Waals surface area contributed by atoms with Gasteiger partial charge in [0, 0.05) is 49.1 Å². The van der Waals surface area contributed by atoms with Crippen molar-refractivity contribution in [2.75, 3.05) is 0 Å². The normalized spacial score (nSPS) is 13.6. The van der Waals surface area contributed by atoms with E-state index in [-0.39, 0.29) is 36.2 Å². The second kappa shape index (κ2) is 11.8. The third-order valence-corrected chi connectivity index (χ3v) is 11.6. The average molecular weight is 747 g/mol. The molecule has 8 aromatic carbocycles. The third kappa shape index (κ3) is 4.39. The van der Waals surface area contributed by atoms with Crippen LogP contribution in [0, 0.1) is 0 Å². The molecule has 0 atom stereocenters. The molecule has 0 aliphatic heterocycles. The summed E-state index contributed by atoms with van der Waals surface area (Å²) in [6.07, 6.45) is 0.826. The van der Waals surface area contributed by atoms with Crippen molar-refractivity contribution in [3.05, 3.63) is 187 Å². The van der Waals surface area contributed by atoms with Crippen molar-refractivity contribution in [3.63, 3.8) is 0 Å². The highest BCUT2D eigenvalue weighted by Gasteiger charge is 2.25. The van der Waals surface area contributed by atoms with Crippen LogP contribution >= 0.6 is 0 Å². The van der Waals surface area contributed by atoms with Gasteiger partial charge in [-0.25, -0.2) is 4.98 Å². The number of nitrogens with zero attached hydrogens (tertiary/aromatic N) is 5. The number of benzene rings is 8. The lowest BCUT2D eigenvalue weighted by Gasteiger charge is -2.12. The highest BCUT2D eigenvalue weighted by Crippen LogP contribution is 2.44. The number of furan rings is 1. The second-order valence-electron chi connectivity index (χ2n) is 14.8. The number of para-hydroxylation sites is 3. The van der Waals surface area contributed by atoms with Gasteiger partial charge in [-0.1, -0.05) is 133 Å². The first kappa shape index (κ1) is 26.9. The maximum atomic E-state index is 9.80. The molecule has 0 bridgehead atoms. The van der Waals surface area contributed by atoms with Gasteiger partial charge in [0.15, 0.2) is 11.6 Å². The Kier molecular flexibility index (Phi) is 5.49. The van der Waals surface area contributed by atoms with Crippen molar-refractivity contribution >= 4 is 65.6 Å². The predicted molar refractivity (Wildman–Crippen MR) is 235 cm³/mol. The lowest BCUT2D eigenvalue weighted by molar-refractivity contribution is 0.669. The molecular weight excluding hydrogens is 711 g/mol. The molecule has 0 fully saturated rings. The average Bonchev–Trinajstić information content (AvgIpc) is 4.04. The molecule has 4 aromatic heterocycles. The van der Waals surface area contributed by atoms with Crippen LogP contribution in [0.4, 0.5) is 0 Å². The standard InChI is InChI=1S/C52H31N5O/c1-2-13-31(14-3-1)50-53-51(40-20-12-24-46-47(40)39-19-8-11-23-45(39)58-46)55-52(54-50)57-42-21-9-6-17-36(42)37-27-28-44-48(49(37)57)38-18-7-10-22-43(38)56(44)34-26-25-33-29-32-15-4-5-16-35(32)41(33)30-34/h1-28,30H,29H2/i6D,7D,21D,22D,28D. The largest absolute Gasteiger partial charge is 0.456 e. The summed E-state index contributed by atoms with van der Waals surface area (Å²) in [5.41, 5.74) is 10.6. The topological polar surface area (TPSA) is 61.7 Å². The van der Waals surface area contributed by atoms with Crippen LogP contribution in [-0.4, -0.2) is 24.1 Å². The zero-order chi connectivity index (χ0) is 42.2. The molecule has 6 nitrogen and oxygen atoms in total. The van der Waals surface area contributed by atoms with Gasteiger partial charge in [-0.05, 0) is 71.1 Å². The van der Waals surface area contributed by atoms with E-state index in [0.717, 1.165) is 50.7 Å². The Balaban J connectivity index is 1.19. The fourth-order valence-electron chi connectivity index (χ4n) is 9.12. The van der Waals surface area contributed by atoms with Gasteiger partial charge in [-0.3, -0.25) is 4.57 Å². The molecule has 1 aliphatic carbocycles. The molecule has 4 heterocycles. The minimum Gasteiger partial charge on any atom is -0.456 e. The number of hydrogen-bond donors (Lipinski definition) is 0. The Morgan fingerprint density at radius 2 is 1.22 bits per heavy atom. The van der Waals surface area contributed by atoms with Gasteiger partial charge in [-0.2, -0.15) is 9.97 Å². The van der Waals surface area contributed by atoms with Crippen molar-refractivity contribution in [3.8, 4) is 45.5 Å². The van der Waals surface area contributed by atoms with Crippen LogP contribution in [0.3, 0.4) is 0 Å². The molecule has 0 unspecified atom stereocenters. The van der Waals surface area contributed by atoms with Crippen LogP contribution in [-0.2, 0) is 6.42 Å². The molecule has 0 N–H and O–H groups in total. The molecule has 6 heteroatoms. The smallest absolute Gasteiger partial charge is 0.238 e. The SMILES string of the molecule is [2H]c1cc([2H])c2c(c1)c1c(c([2H])cc3c4cc([2H])cc([2H])c4n(-c4nc(-c5ccccc5)nc(-c5cccc6oc7ccccc7c56)n4)c31)n2-c1ccc2c(c1)-c1ccccc1C2. The summed E-state index contributed by atoms with van der Waals surface area (Å²) in [7, 11) is 0. The summed E-state index contributed by atoms with van der Waals surface area (Å²) in [6, 6.07) is 47.2. The molecule has 58 heavy (non-hydrogen) atoms. The van der Waals surface area contributed by atoms with E-state index in [9.17, 15) is 4.11 Å². The zero-order valence-corrected chi connectivity index (χ0v) is 30.7. The number of hydrogen-bond acceptors (Lipinski definition) is 4. The minimum absolute atomic E-state index is 0.0860. The van der Waals surface area contributed by atoms with E-state index in [4.69, 9.17) is 22.1 Å². The van der Waals surface area contributed by atoms with Crippen molar-refractivity contribution in [1.82, 2.24) is 24.1 Å². The summed E-state index contributed by atoms with van der Waals surface area (Å²) >= 11 is 0. The van der Waals surface area contributed by atoms with Gasteiger partial charge < -0.3 is 8.98 Å². The van der Waals surface area contributed by atoms with Gasteiger partial charge >= 0.3 is 0 Å². The first-order chi connectivity index (χ1) is 30.8. The molecule has 13 rings (SSSR count). The number of aromatic nitrogens is 5. The van der Waals surface area contributed by atoms with E-state index in [1.54, 1.807) is 18.2 Å². The summed E-state index contributed by atoms with van der Waals surface area (Å²) in [6.45, 7) is 0. The maximum Gasteiger partial charge on any atom is 0.238 e. The lowest BCUT2D eigenvalue weighted by atomic mass is 10.1. The van der Waals surface area contributed by atoms with Gasteiger partial charge in [0.25, 0.3) is 0 Å². The van der Waals surface area contributed by atoms with Gasteiger partial charge in [0.2, 0.25) is 5.95 Å². The van der Waals surface area contributed by atoms with Crippen molar-refractivity contribution in [2.45, 2.75) is 6.42 Å². The van der Waals surface area contributed by atoms with Gasteiger partial charge in [-0.15, -0.1) is 0 Å². The molecular formula is C52H31N5O. The molecule has 0 saturated carbocycles. The van der Waals surface area contributed by atoms with Crippen LogP contribution in [0.1, 0.15) is 18.0 Å². The Labute approximate surface area is 338 Å². The van der Waals surface area contributed by atoms with E-state index < -0.39 is 0 Å². The monoisotopic (exact) mass is 746 g/mol. The van der Waals surface area contributed by atoms with Crippen LogP contribution in [0.2, 0.25) is 0 Å². The maximum absolute atomic E-state index is 9.80. The molecule has 0 spiro atoms. The Morgan fingerprint density at radius 3 is 2.14 bits per heavy atom. The fourth-order valence-corrected chi connectivity index (χ4v) is 9.12. The molecule has 0 amide bonds. The molecule has 270 valence electrons. The minimum atomic E-state index is 0.0860. The summed E-state index contributed by atoms with van der Waals surface area (Å²) in [4.78, 5) is 15.6. The van der Waals surface area contributed by atoms with Crippen LogP contribution < -0.4 is 0 Å². The quantitative estimate of drug-likeness (QED) is 0.180. The van der Waals surface area contributed by atoms with E-state index >= 15 is 0 Å². The highest BCUT2D eigenvalue weighted by atomic mass is 16.3. The van der Waals surface area contributed by atoms with Crippen molar-refractivity contribution in [2.24, 2.45) is 0 Å². The van der Waals surface area contributed by atoms with E-state index in [1.165, 1.54) is 23.3 Å². The van der Waals surface area contributed by atoms with Crippen molar-refractivity contribution in [1.29, 1.82) is 0 Å². The number of fused-ring (bicyclic) bond motifs is 13. The van der Waals surface area contributed by atoms with E-state index in [1.807, 2.05) is 88.0 Å². The van der Waals surface area contributed by atoms with E-state index in [0.29, 0.717) is 60.8 Å². The molecule has 0 saturated heterocycles. The zero-order valence-electron chi connectivity index (χ0n) is 35.7. The molecule has 12 aromatic rings. The van der Waals surface area contributed by atoms with Crippen LogP contribution in [0.5, 0.6) is 0 Å². The fraction of sp³-hybridized carbons (Fsp3) is 0.0192.